The molecule has 1 fully saturated rings. The number of aromatic nitrogens is 1. The van der Waals surface area contributed by atoms with Crippen LogP contribution in [0.2, 0.25) is 0 Å². The van der Waals surface area contributed by atoms with E-state index in [1.165, 1.54) is 33.3 Å². The molecule has 0 radical (unpaired) electrons. The number of rotatable bonds is 5. The molecule has 3 aliphatic heterocycles. The molecule has 10 atom stereocenters. The van der Waals surface area contributed by atoms with E-state index in [1.807, 2.05) is 0 Å². The van der Waals surface area contributed by atoms with Gasteiger partial charge in [-0.1, -0.05) is 140 Å². The lowest BCUT2D eigenvalue weighted by Gasteiger charge is -2.37. The summed E-state index contributed by atoms with van der Waals surface area (Å²) in [6, 6.07) is 15.5. The van der Waals surface area contributed by atoms with Crippen molar-refractivity contribution in [1.29, 1.82) is 0 Å². The first-order valence-electron chi connectivity index (χ1n) is 21.9. The van der Waals surface area contributed by atoms with Crippen LogP contribution in [0.3, 0.4) is 0 Å². The first-order chi connectivity index (χ1) is 29.0. The van der Waals surface area contributed by atoms with Gasteiger partial charge >= 0.3 is 0 Å². The highest BCUT2D eigenvalue weighted by Gasteiger charge is 2.52. The van der Waals surface area contributed by atoms with Gasteiger partial charge in [0.05, 0.1) is 28.4 Å². The molecule has 4 heterocycles. The van der Waals surface area contributed by atoms with Gasteiger partial charge in [0.2, 0.25) is 0 Å². The lowest BCUT2D eigenvalue weighted by atomic mass is 9.70. The Morgan fingerprint density at radius 1 is 0.847 bits per heavy atom. The molecule has 0 bridgehead atoms. The minimum absolute atomic E-state index is 0.0250. The van der Waals surface area contributed by atoms with Crippen molar-refractivity contribution in [2.24, 2.45) is 39.6 Å². The fraction of sp³-hybridized carbons (Fsp3) is 0.321. The van der Waals surface area contributed by atoms with Gasteiger partial charge in [-0.15, -0.1) is 0 Å². The van der Waals surface area contributed by atoms with E-state index in [-0.39, 0.29) is 30.4 Å². The molecule has 294 valence electrons. The van der Waals surface area contributed by atoms with Crippen molar-refractivity contribution >= 4 is 28.7 Å². The van der Waals surface area contributed by atoms with Crippen LogP contribution in [-0.4, -0.2) is 34.6 Å². The summed E-state index contributed by atoms with van der Waals surface area (Å²) < 4.78 is 16.7. The molecule has 59 heavy (non-hydrogen) atoms. The van der Waals surface area contributed by atoms with Crippen LogP contribution in [0.4, 0.5) is 0 Å². The third kappa shape index (κ3) is 5.48. The predicted octanol–water partition coefficient (Wildman–Crippen LogP) is 11.1. The first-order valence-corrected chi connectivity index (χ1v) is 21.9. The number of fused-ring (bicyclic) bond motifs is 10. The number of ether oxygens (including phenoxy) is 2. The third-order valence-electron chi connectivity index (χ3n) is 14.5. The summed E-state index contributed by atoms with van der Waals surface area (Å²) in [6.07, 6.45) is 43.6. The minimum atomic E-state index is -0.504. The van der Waals surface area contributed by atoms with Gasteiger partial charge in [-0.3, -0.25) is 0 Å². The molecule has 6 nitrogen and oxygen atoms in total. The van der Waals surface area contributed by atoms with Crippen molar-refractivity contribution in [3.05, 3.63) is 173 Å². The van der Waals surface area contributed by atoms with Crippen molar-refractivity contribution in [2.45, 2.75) is 75.8 Å². The molecule has 2 aromatic carbocycles. The number of hydrogen-bond acceptors (Lipinski definition) is 5. The summed E-state index contributed by atoms with van der Waals surface area (Å²) in [5.74, 6) is 4.76. The summed E-state index contributed by atoms with van der Waals surface area (Å²) in [4.78, 5) is 10.8. The van der Waals surface area contributed by atoms with Crippen molar-refractivity contribution < 1.29 is 9.47 Å². The molecule has 9 aliphatic rings. The molecule has 0 amide bonds. The summed E-state index contributed by atoms with van der Waals surface area (Å²) >= 11 is 0. The lowest BCUT2D eigenvalue weighted by molar-refractivity contribution is 0.0512. The number of allylic oxidation sites excluding steroid dienone is 12. The van der Waals surface area contributed by atoms with Gasteiger partial charge in [-0.25, -0.2) is 9.98 Å². The summed E-state index contributed by atoms with van der Waals surface area (Å²) in [6.45, 7) is 4.64. The van der Waals surface area contributed by atoms with Gasteiger partial charge in [-0.05, 0) is 74.6 Å². The van der Waals surface area contributed by atoms with Crippen molar-refractivity contribution in [2.75, 3.05) is 0 Å². The molecule has 3 aromatic rings. The Labute approximate surface area is 346 Å². The molecular formula is C53H50N4O2. The Balaban J connectivity index is 0.940. The van der Waals surface area contributed by atoms with E-state index >= 15 is 0 Å². The molecule has 6 heteroatoms. The zero-order chi connectivity index (χ0) is 39.2. The first kappa shape index (κ1) is 35.2. The molecule has 12 rings (SSSR count). The Morgan fingerprint density at radius 3 is 2.66 bits per heavy atom. The van der Waals surface area contributed by atoms with Crippen LogP contribution in [0.25, 0.3) is 22.7 Å². The van der Waals surface area contributed by atoms with Crippen LogP contribution < -0.4 is 10.1 Å². The molecule has 1 saturated heterocycles. The SMILES string of the molecule is CC1C=CC=C(C2C=CC(C3N=C(C4=CC=CC5Oc6c(-n7c8c(c9ccccc97)C=CC7C8OC8C=CCCC87)cccc6C45C)NC(C4C=CC=CC4)=N3)=CC2)C1. The molecular weight excluding hydrogens is 725 g/mol. The van der Waals surface area contributed by atoms with Crippen LogP contribution in [-0.2, 0) is 10.2 Å². The van der Waals surface area contributed by atoms with Crippen LogP contribution >= 0.6 is 0 Å². The number of aliphatic imine (C=N–C) groups is 2. The van der Waals surface area contributed by atoms with Crippen LogP contribution in [0.15, 0.2) is 166 Å². The van der Waals surface area contributed by atoms with E-state index in [2.05, 4.69) is 169 Å². The van der Waals surface area contributed by atoms with Gasteiger partial charge in [-0.2, -0.15) is 0 Å². The Morgan fingerprint density at radius 2 is 1.78 bits per heavy atom. The molecule has 6 aliphatic carbocycles. The van der Waals surface area contributed by atoms with E-state index < -0.39 is 5.41 Å². The number of para-hydroxylation sites is 2. The second-order valence-corrected chi connectivity index (χ2v) is 18.0. The van der Waals surface area contributed by atoms with E-state index in [4.69, 9.17) is 19.5 Å². The fourth-order valence-electron chi connectivity index (χ4n) is 11.5. The Kier molecular flexibility index (Phi) is 8.17. The van der Waals surface area contributed by atoms with E-state index in [9.17, 15) is 0 Å². The highest BCUT2D eigenvalue weighted by atomic mass is 16.5. The van der Waals surface area contributed by atoms with Crippen LogP contribution in [0.5, 0.6) is 5.75 Å². The number of nitrogens with one attached hydrogen (secondary N) is 1. The minimum Gasteiger partial charge on any atom is -0.483 e. The van der Waals surface area contributed by atoms with Crippen LogP contribution in [0.1, 0.15) is 68.9 Å². The normalized spacial score (nSPS) is 34.4. The number of benzene rings is 2. The second kappa shape index (κ2) is 13.7. The number of nitrogens with zero attached hydrogens (tertiary/aromatic N) is 3. The molecule has 1 aromatic heterocycles. The maximum Gasteiger partial charge on any atom is 0.169 e. The van der Waals surface area contributed by atoms with E-state index in [1.54, 1.807) is 0 Å². The predicted molar refractivity (Wildman–Crippen MR) is 239 cm³/mol. The van der Waals surface area contributed by atoms with Gasteiger partial charge in [0.1, 0.15) is 29.6 Å². The average molecular weight is 775 g/mol. The van der Waals surface area contributed by atoms with Crippen molar-refractivity contribution in [3.8, 4) is 11.4 Å². The highest BCUT2D eigenvalue weighted by Crippen LogP contribution is 2.56. The van der Waals surface area contributed by atoms with Gasteiger partial charge in [0.25, 0.3) is 0 Å². The zero-order valence-electron chi connectivity index (χ0n) is 33.7. The maximum atomic E-state index is 7.21. The van der Waals surface area contributed by atoms with Gasteiger partial charge in [0.15, 0.2) is 6.17 Å². The standard InChI is InChI=1S/C53H50N4O2/c1-32-13-10-16-36(31-32)33-25-27-35(28-26-33)51-54-50(34-14-4-3-5-15-34)55-52(56-51)42-20-12-24-46-53(42,2)41-19-11-22-44(49(41)59-46)57-43-21-8-6-17-37(43)39-29-30-40-38-18-7-9-23-45(38)58-48(40)47(39)57/h3-6,8-14,16-17,19-25,27-30,32-34,38,40,45-46,48,51H,7,15,18,26,31H2,1-2H3,(H,54,55,56). The largest absolute Gasteiger partial charge is 0.483 e. The Hall–Kier alpha value is -5.72. The van der Waals surface area contributed by atoms with Crippen molar-refractivity contribution in [3.63, 3.8) is 0 Å². The van der Waals surface area contributed by atoms with Gasteiger partial charge < -0.3 is 19.4 Å². The number of amidine groups is 2. The highest BCUT2D eigenvalue weighted by molar-refractivity contribution is 6.13. The summed E-state index contributed by atoms with van der Waals surface area (Å²) in [5, 5.41) is 5.05. The summed E-state index contributed by atoms with van der Waals surface area (Å²) in [5.41, 5.74) is 9.20. The lowest BCUT2D eigenvalue weighted by Crippen LogP contribution is -2.48. The maximum absolute atomic E-state index is 7.21. The van der Waals surface area contributed by atoms with Crippen molar-refractivity contribution in [1.82, 2.24) is 9.88 Å². The molecule has 0 spiro atoms. The monoisotopic (exact) mass is 774 g/mol. The average Bonchev–Trinajstić information content (AvgIpc) is 3.94. The third-order valence-corrected chi connectivity index (χ3v) is 14.5. The molecule has 10 unspecified atom stereocenters. The topological polar surface area (TPSA) is 60.1 Å². The molecule has 1 N–H and O–H groups in total. The van der Waals surface area contributed by atoms with E-state index in [0.29, 0.717) is 23.7 Å². The van der Waals surface area contributed by atoms with E-state index in [0.717, 1.165) is 66.4 Å². The Bertz CT molecular complexity index is 2670. The van der Waals surface area contributed by atoms with Crippen LogP contribution in [0, 0.1) is 29.6 Å². The quantitative estimate of drug-likeness (QED) is 0.263. The van der Waals surface area contributed by atoms with Gasteiger partial charge in [0, 0.05) is 39.8 Å². The fourth-order valence-corrected chi connectivity index (χ4v) is 11.5. The zero-order valence-corrected chi connectivity index (χ0v) is 33.7. The number of hydrogen-bond donors (Lipinski definition) is 1. The summed E-state index contributed by atoms with van der Waals surface area (Å²) in [7, 11) is 0. The smallest absolute Gasteiger partial charge is 0.169 e. The second-order valence-electron chi connectivity index (χ2n) is 18.0. The molecule has 0 saturated carbocycles.